The van der Waals surface area contributed by atoms with Gasteiger partial charge in [-0.25, -0.2) is 18.4 Å². The first-order valence-corrected chi connectivity index (χ1v) is 5.98. The van der Waals surface area contributed by atoms with Crippen molar-refractivity contribution in [2.24, 2.45) is 0 Å². The lowest BCUT2D eigenvalue weighted by molar-refractivity contribution is -0.544. The molecule has 1 aromatic carbocycles. The maximum absolute atomic E-state index is 13.9. The number of halogens is 2. The van der Waals surface area contributed by atoms with Crippen LogP contribution < -0.4 is 0 Å². The van der Waals surface area contributed by atoms with Crippen molar-refractivity contribution in [1.29, 1.82) is 0 Å². The molecule has 0 saturated heterocycles. The average molecular weight is 298 g/mol. The van der Waals surface area contributed by atoms with E-state index in [0.717, 1.165) is 23.7 Å². The van der Waals surface area contributed by atoms with Crippen molar-refractivity contribution in [3.63, 3.8) is 0 Å². The summed E-state index contributed by atoms with van der Waals surface area (Å²) in [5.74, 6) is -1.90. The minimum absolute atomic E-state index is 0.372. The average Bonchev–Trinajstić information content (AvgIpc) is 2.89. The van der Waals surface area contributed by atoms with Gasteiger partial charge in [-0.3, -0.25) is 10.1 Å². The first-order valence-electron chi connectivity index (χ1n) is 5.98. The van der Waals surface area contributed by atoms with Crippen molar-refractivity contribution >= 4 is 0 Å². The molecule has 0 fully saturated rings. The molecule has 0 amide bonds. The van der Waals surface area contributed by atoms with Crippen LogP contribution in [0.2, 0.25) is 0 Å². The fraction of sp³-hybridized carbons (Fsp3) is 0.333. The molecule has 0 saturated carbocycles. The van der Waals surface area contributed by atoms with Crippen LogP contribution in [0.5, 0.6) is 0 Å². The molecule has 2 rings (SSSR count). The van der Waals surface area contributed by atoms with Crippen LogP contribution >= 0.6 is 0 Å². The van der Waals surface area contributed by atoms with E-state index in [0.29, 0.717) is 6.07 Å². The van der Waals surface area contributed by atoms with Crippen LogP contribution in [0.3, 0.4) is 0 Å². The Bertz CT molecular complexity index is 650. The molecule has 0 bridgehead atoms. The van der Waals surface area contributed by atoms with Crippen LogP contribution in [0.4, 0.5) is 8.78 Å². The van der Waals surface area contributed by atoms with Gasteiger partial charge in [-0.15, -0.1) is 0 Å². The number of hydrogen-bond donors (Lipinski definition) is 1. The number of nitrogens with zero attached hydrogens (tertiary/aromatic N) is 4. The summed E-state index contributed by atoms with van der Waals surface area (Å²) in [4.78, 5) is 14.0. The first-order chi connectivity index (χ1) is 9.84. The molecular formula is C12H12F2N4O3. The summed E-state index contributed by atoms with van der Waals surface area (Å²) in [6.07, 6.45) is 2.41. The summed E-state index contributed by atoms with van der Waals surface area (Å²) >= 11 is 0. The Hall–Kier alpha value is -2.42. The highest BCUT2D eigenvalue weighted by Crippen LogP contribution is 2.31. The zero-order valence-electron chi connectivity index (χ0n) is 11.0. The smallest absolute Gasteiger partial charge is 0.244 e. The normalized spacial score (nSPS) is 15.4. The second-order valence-corrected chi connectivity index (χ2v) is 4.60. The van der Waals surface area contributed by atoms with Crippen molar-refractivity contribution in [2.45, 2.75) is 25.1 Å². The van der Waals surface area contributed by atoms with Crippen LogP contribution in [0, 0.1) is 21.7 Å². The van der Waals surface area contributed by atoms with E-state index < -0.39 is 34.7 Å². The number of aliphatic hydroxyl groups is 1. The predicted molar refractivity (Wildman–Crippen MR) is 66.7 cm³/mol. The predicted octanol–water partition coefficient (Wildman–Crippen LogP) is 1.11. The van der Waals surface area contributed by atoms with Gasteiger partial charge < -0.3 is 5.11 Å². The Labute approximate surface area is 118 Å². The molecule has 0 unspecified atom stereocenters. The van der Waals surface area contributed by atoms with E-state index in [9.17, 15) is 24.0 Å². The monoisotopic (exact) mass is 298 g/mol. The summed E-state index contributed by atoms with van der Waals surface area (Å²) in [5, 5.41) is 25.4. The molecule has 2 atom stereocenters. The number of hydrogen-bond acceptors (Lipinski definition) is 5. The fourth-order valence-corrected chi connectivity index (χ4v) is 2.02. The second-order valence-electron chi connectivity index (χ2n) is 4.60. The molecule has 9 heteroatoms. The third-order valence-corrected chi connectivity index (χ3v) is 3.27. The summed E-state index contributed by atoms with van der Waals surface area (Å²) < 4.78 is 28.1. The van der Waals surface area contributed by atoms with Gasteiger partial charge in [-0.05, 0) is 12.1 Å². The van der Waals surface area contributed by atoms with E-state index in [-0.39, 0.29) is 5.56 Å². The highest BCUT2D eigenvalue weighted by Gasteiger charge is 2.46. The van der Waals surface area contributed by atoms with E-state index in [1.165, 1.54) is 12.7 Å². The zero-order chi connectivity index (χ0) is 15.6. The number of rotatable bonds is 5. The van der Waals surface area contributed by atoms with E-state index >= 15 is 0 Å². The number of aromatic nitrogens is 3. The van der Waals surface area contributed by atoms with Crippen molar-refractivity contribution in [1.82, 2.24) is 14.8 Å². The molecular weight excluding hydrogens is 286 g/mol. The first kappa shape index (κ1) is 15.0. The highest BCUT2D eigenvalue weighted by molar-refractivity contribution is 5.26. The van der Waals surface area contributed by atoms with Crippen LogP contribution in [0.25, 0.3) is 0 Å². The molecule has 2 aromatic rings. The van der Waals surface area contributed by atoms with E-state index in [4.69, 9.17) is 0 Å². The Morgan fingerprint density at radius 1 is 1.52 bits per heavy atom. The molecule has 0 radical (unpaired) electrons. The van der Waals surface area contributed by atoms with E-state index in [1.54, 1.807) is 0 Å². The molecule has 112 valence electrons. The van der Waals surface area contributed by atoms with E-state index in [1.807, 2.05) is 0 Å². The molecule has 1 N–H and O–H groups in total. The summed E-state index contributed by atoms with van der Waals surface area (Å²) in [6.45, 7) is 0.747. The summed E-state index contributed by atoms with van der Waals surface area (Å²) in [5.41, 5.74) is -2.57. The van der Waals surface area contributed by atoms with Gasteiger partial charge >= 0.3 is 0 Å². The lowest BCUT2D eigenvalue weighted by Crippen LogP contribution is -2.46. The Kier molecular flexibility index (Phi) is 3.94. The lowest BCUT2D eigenvalue weighted by atomic mass is 9.87. The molecule has 0 aliphatic carbocycles. The van der Waals surface area contributed by atoms with Gasteiger partial charge in [-0.1, -0.05) is 0 Å². The molecule has 1 aromatic heterocycles. The van der Waals surface area contributed by atoms with Crippen molar-refractivity contribution < 1.29 is 18.8 Å². The maximum Gasteiger partial charge on any atom is 0.244 e. The maximum atomic E-state index is 13.9. The van der Waals surface area contributed by atoms with Crippen LogP contribution in [-0.2, 0) is 12.1 Å². The fourth-order valence-electron chi connectivity index (χ4n) is 2.02. The number of nitro groups is 1. The Balaban J connectivity index is 2.51. The van der Waals surface area contributed by atoms with Gasteiger partial charge in [0.2, 0.25) is 6.04 Å². The zero-order valence-corrected chi connectivity index (χ0v) is 11.0. The third-order valence-electron chi connectivity index (χ3n) is 3.27. The van der Waals surface area contributed by atoms with Crippen molar-refractivity contribution in [3.05, 3.63) is 58.2 Å². The largest absolute Gasteiger partial charge is 0.376 e. The molecule has 0 aliphatic rings. The van der Waals surface area contributed by atoms with Gasteiger partial charge in [0.25, 0.3) is 0 Å². The molecule has 0 spiro atoms. The molecule has 1 heterocycles. The Morgan fingerprint density at radius 2 is 2.24 bits per heavy atom. The van der Waals surface area contributed by atoms with Crippen LogP contribution in [-0.4, -0.2) is 30.8 Å². The van der Waals surface area contributed by atoms with E-state index in [2.05, 4.69) is 10.1 Å². The standard InChI is InChI=1S/C12H12F2N4O3/c1-8(18(20)21)12(19,5-17-7-15-6-16-17)10-3-2-9(13)4-11(10)14/h2-4,6-8,19H,5H2,1H3/t8-,12-/m1/s1. The molecule has 21 heavy (non-hydrogen) atoms. The highest BCUT2D eigenvalue weighted by atomic mass is 19.1. The van der Waals surface area contributed by atoms with Gasteiger partial charge in [0.1, 0.15) is 24.3 Å². The van der Waals surface area contributed by atoms with Crippen molar-refractivity contribution in [3.8, 4) is 0 Å². The third kappa shape index (κ3) is 2.87. The SMILES string of the molecule is C[C@@H]([N+](=O)[O-])[C@](O)(Cn1cncn1)c1ccc(F)cc1F. The van der Waals surface area contributed by atoms with Gasteiger partial charge in [0.05, 0.1) is 6.54 Å². The van der Waals surface area contributed by atoms with Crippen LogP contribution in [0.1, 0.15) is 12.5 Å². The Morgan fingerprint density at radius 3 is 2.76 bits per heavy atom. The quantitative estimate of drug-likeness (QED) is 0.659. The molecule has 7 nitrogen and oxygen atoms in total. The van der Waals surface area contributed by atoms with Gasteiger partial charge in [-0.2, -0.15) is 5.10 Å². The van der Waals surface area contributed by atoms with Gasteiger partial charge in [0.15, 0.2) is 5.60 Å². The minimum atomic E-state index is -2.20. The topological polar surface area (TPSA) is 94.1 Å². The number of benzene rings is 1. The minimum Gasteiger partial charge on any atom is -0.376 e. The molecule has 0 aliphatic heterocycles. The summed E-state index contributed by atoms with van der Waals surface area (Å²) in [6, 6.07) is 0.939. The van der Waals surface area contributed by atoms with Crippen molar-refractivity contribution in [2.75, 3.05) is 0 Å². The van der Waals surface area contributed by atoms with Gasteiger partial charge in [0, 0.05) is 23.5 Å². The van der Waals surface area contributed by atoms with Crippen LogP contribution in [0.15, 0.2) is 30.9 Å². The second kappa shape index (κ2) is 5.52. The lowest BCUT2D eigenvalue weighted by Gasteiger charge is -2.29. The summed E-state index contributed by atoms with van der Waals surface area (Å²) in [7, 11) is 0.